The smallest absolute Gasteiger partial charge is 0.253 e. The fourth-order valence-corrected chi connectivity index (χ4v) is 4.12. The van der Waals surface area contributed by atoms with Crippen molar-refractivity contribution in [1.29, 1.82) is 0 Å². The van der Waals surface area contributed by atoms with Crippen LogP contribution >= 0.6 is 0 Å². The summed E-state index contributed by atoms with van der Waals surface area (Å²) in [5, 5.41) is 3.07. The number of carbonyl (C=O) groups excluding carboxylic acids is 1. The van der Waals surface area contributed by atoms with Gasteiger partial charge in [0.05, 0.1) is 24.5 Å². The van der Waals surface area contributed by atoms with Gasteiger partial charge in [-0.2, -0.15) is 0 Å². The molecule has 1 saturated heterocycles. The van der Waals surface area contributed by atoms with Crippen LogP contribution in [0.5, 0.6) is 0 Å². The Labute approximate surface area is 188 Å². The van der Waals surface area contributed by atoms with Gasteiger partial charge >= 0.3 is 0 Å². The fourth-order valence-electron chi connectivity index (χ4n) is 4.12. The lowest BCUT2D eigenvalue weighted by Crippen LogP contribution is -2.38. The van der Waals surface area contributed by atoms with Gasteiger partial charge in [0.2, 0.25) is 0 Å². The minimum atomic E-state index is -0.280. The highest BCUT2D eigenvalue weighted by atomic mass is 19.1. The van der Waals surface area contributed by atoms with E-state index >= 15 is 0 Å². The number of amides is 1. The molecule has 2 aromatic carbocycles. The van der Waals surface area contributed by atoms with Gasteiger partial charge in [0.1, 0.15) is 5.82 Å². The summed E-state index contributed by atoms with van der Waals surface area (Å²) in [6, 6.07) is 16.5. The zero-order chi connectivity index (χ0) is 22.5. The minimum absolute atomic E-state index is 0.0845. The highest BCUT2D eigenvalue weighted by molar-refractivity contribution is 5.97. The van der Waals surface area contributed by atoms with Crippen molar-refractivity contribution in [3.63, 3.8) is 0 Å². The summed E-state index contributed by atoms with van der Waals surface area (Å²) in [5.41, 5.74) is 5.36. The zero-order valence-electron chi connectivity index (χ0n) is 18.7. The van der Waals surface area contributed by atoms with Crippen LogP contribution < -0.4 is 5.32 Å². The van der Waals surface area contributed by atoms with Gasteiger partial charge in [-0.05, 0) is 74.8 Å². The Morgan fingerprint density at radius 1 is 1.03 bits per heavy atom. The molecule has 0 aliphatic carbocycles. The SMILES string of the molecule is Cc1ccc(-n2c(-c3ccc(F)cc3)cc(C(=O)NCCCN3CCOCC3)c2C)cc1. The molecule has 4 rings (SSSR count). The molecule has 6 heteroatoms. The summed E-state index contributed by atoms with van der Waals surface area (Å²) < 4.78 is 21.0. The Hall–Kier alpha value is -2.96. The molecule has 1 aromatic heterocycles. The molecule has 0 atom stereocenters. The van der Waals surface area contributed by atoms with Crippen LogP contribution in [-0.4, -0.2) is 54.8 Å². The van der Waals surface area contributed by atoms with Crippen LogP contribution in [0.25, 0.3) is 16.9 Å². The van der Waals surface area contributed by atoms with E-state index in [4.69, 9.17) is 4.74 Å². The predicted molar refractivity (Wildman–Crippen MR) is 125 cm³/mol. The number of aromatic nitrogens is 1. The van der Waals surface area contributed by atoms with Crippen LogP contribution in [0, 0.1) is 19.7 Å². The summed E-state index contributed by atoms with van der Waals surface area (Å²) in [7, 11) is 0. The Balaban J connectivity index is 1.55. The molecule has 3 aromatic rings. The number of halogens is 1. The number of rotatable bonds is 7. The maximum Gasteiger partial charge on any atom is 0.253 e. The highest BCUT2D eigenvalue weighted by Gasteiger charge is 2.20. The Morgan fingerprint density at radius 2 is 1.72 bits per heavy atom. The average Bonchev–Trinajstić information content (AvgIpc) is 3.15. The first-order valence-electron chi connectivity index (χ1n) is 11.2. The molecular weight excluding hydrogens is 405 g/mol. The molecule has 1 fully saturated rings. The normalized spacial score (nSPS) is 14.5. The summed E-state index contributed by atoms with van der Waals surface area (Å²) in [4.78, 5) is 15.4. The first-order valence-corrected chi connectivity index (χ1v) is 11.2. The number of carbonyl (C=O) groups is 1. The van der Waals surface area contributed by atoms with Crippen LogP contribution in [-0.2, 0) is 4.74 Å². The van der Waals surface area contributed by atoms with Crippen molar-refractivity contribution in [1.82, 2.24) is 14.8 Å². The number of hydrogen-bond donors (Lipinski definition) is 1. The van der Waals surface area contributed by atoms with Crippen molar-refractivity contribution in [2.24, 2.45) is 0 Å². The zero-order valence-corrected chi connectivity index (χ0v) is 18.7. The number of ether oxygens (including phenoxy) is 1. The van der Waals surface area contributed by atoms with Gasteiger partial charge in [0, 0.05) is 31.0 Å². The van der Waals surface area contributed by atoms with Crippen molar-refractivity contribution < 1.29 is 13.9 Å². The van der Waals surface area contributed by atoms with E-state index in [1.54, 1.807) is 12.1 Å². The second kappa shape index (κ2) is 10.1. The maximum atomic E-state index is 13.5. The molecule has 0 unspecified atom stereocenters. The molecule has 2 heterocycles. The number of morpholine rings is 1. The lowest BCUT2D eigenvalue weighted by atomic mass is 10.1. The summed E-state index contributed by atoms with van der Waals surface area (Å²) in [6.45, 7) is 9.04. The fraction of sp³-hybridized carbons (Fsp3) is 0.346. The molecule has 1 aliphatic heterocycles. The van der Waals surface area contributed by atoms with Crippen molar-refractivity contribution >= 4 is 5.91 Å². The van der Waals surface area contributed by atoms with Gasteiger partial charge in [-0.1, -0.05) is 17.7 Å². The third-order valence-electron chi connectivity index (χ3n) is 5.96. The quantitative estimate of drug-likeness (QED) is 0.561. The van der Waals surface area contributed by atoms with E-state index in [0.29, 0.717) is 12.1 Å². The van der Waals surface area contributed by atoms with Crippen LogP contribution in [0.4, 0.5) is 4.39 Å². The van der Waals surface area contributed by atoms with Gasteiger partial charge in [-0.3, -0.25) is 9.69 Å². The molecule has 1 amide bonds. The van der Waals surface area contributed by atoms with E-state index < -0.39 is 0 Å². The standard InChI is InChI=1S/C26H30FN3O2/c1-19-4-10-23(11-5-19)30-20(2)24(18-25(30)21-6-8-22(27)9-7-21)26(31)28-12-3-13-29-14-16-32-17-15-29/h4-11,18H,3,12-17H2,1-2H3,(H,28,31). The molecule has 168 valence electrons. The first kappa shape index (κ1) is 22.2. The maximum absolute atomic E-state index is 13.5. The predicted octanol–water partition coefficient (Wildman–Crippen LogP) is 4.35. The average molecular weight is 436 g/mol. The molecular formula is C26H30FN3O2. The summed E-state index contributed by atoms with van der Waals surface area (Å²) in [6.07, 6.45) is 0.897. The van der Waals surface area contributed by atoms with Gasteiger partial charge in [0.15, 0.2) is 0 Å². The third-order valence-corrected chi connectivity index (χ3v) is 5.96. The Bertz CT molecular complexity index is 1050. The summed E-state index contributed by atoms with van der Waals surface area (Å²) in [5.74, 6) is -0.365. The van der Waals surface area contributed by atoms with Crippen molar-refractivity contribution in [2.75, 3.05) is 39.4 Å². The topological polar surface area (TPSA) is 46.5 Å². The lowest BCUT2D eigenvalue weighted by molar-refractivity contribution is 0.0374. The molecule has 0 saturated carbocycles. The molecule has 0 spiro atoms. The van der Waals surface area contributed by atoms with Gasteiger partial charge < -0.3 is 14.6 Å². The minimum Gasteiger partial charge on any atom is -0.379 e. The van der Waals surface area contributed by atoms with Gasteiger partial charge in [0.25, 0.3) is 5.91 Å². The largest absolute Gasteiger partial charge is 0.379 e. The van der Waals surface area contributed by atoms with Crippen LogP contribution in [0.2, 0.25) is 0 Å². The lowest BCUT2D eigenvalue weighted by Gasteiger charge is -2.26. The first-order chi connectivity index (χ1) is 15.5. The second-order valence-electron chi connectivity index (χ2n) is 8.27. The van der Waals surface area contributed by atoms with E-state index in [9.17, 15) is 9.18 Å². The number of aryl methyl sites for hydroxylation is 1. The Morgan fingerprint density at radius 3 is 2.41 bits per heavy atom. The Kier molecular flexibility index (Phi) is 7.02. The molecule has 1 N–H and O–H groups in total. The van der Waals surface area contributed by atoms with E-state index in [2.05, 4.69) is 26.9 Å². The monoisotopic (exact) mass is 435 g/mol. The highest BCUT2D eigenvalue weighted by Crippen LogP contribution is 2.30. The molecule has 1 aliphatic rings. The van der Waals surface area contributed by atoms with Gasteiger partial charge in [-0.15, -0.1) is 0 Å². The second-order valence-corrected chi connectivity index (χ2v) is 8.27. The van der Waals surface area contributed by atoms with Crippen LogP contribution in [0.15, 0.2) is 54.6 Å². The number of nitrogens with zero attached hydrogens (tertiary/aromatic N) is 2. The molecule has 0 radical (unpaired) electrons. The van der Waals surface area contributed by atoms with Crippen molar-refractivity contribution in [3.8, 4) is 16.9 Å². The molecule has 5 nitrogen and oxygen atoms in total. The van der Waals surface area contributed by atoms with Crippen LogP contribution in [0.3, 0.4) is 0 Å². The van der Waals surface area contributed by atoms with Crippen LogP contribution in [0.1, 0.15) is 28.0 Å². The van der Waals surface area contributed by atoms with Gasteiger partial charge in [-0.25, -0.2) is 4.39 Å². The van der Waals surface area contributed by atoms with E-state index in [1.165, 1.54) is 17.7 Å². The number of benzene rings is 2. The van der Waals surface area contributed by atoms with E-state index in [0.717, 1.165) is 61.9 Å². The van der Waals surface area contributed by atoms with Crippen molar-refractivity contribution in [3.05, 3.63) is 77.2 Å². The molecule has 0 bridgehead atoms. The number of hydrogen-bond acceptors (Lipinski definition) is 3. The van der Waals surface area contributed by atoms with E-state index in [-0.39, 0.29) is 11.7 Å². The van der Waals surface area contributed by atoms with Crippen molar-refractivity contribution in [2.45, 2.75) is 20.3 Å². The summed E-state index contributed by atoms with van der Waals surface area (Å²) >= 11 is 0. The molecule has 32 heavy (non-hydrogen) atoms. The number of nitrogens with one attached hydrogen (secondary N) is 1. The third kappa shape index (κ3) is 5.09. The van der Waals surface area contributed by atoms with E-state index in [1.807, 2.05) is 32.0 Å².